The molecule has 0 spiro atoms. The molecule has 3 aromatic carbocycles. The first-order valence-corrected chi connectivity index (χ1v) is 10.8. The lowest BCUT2D eigenvalue weighted by atomic mass is 9.87. The molecule has 0 saturated heterocycles. The lowest BCUT2D eigenvalue weighted by molar-refractivity contribution is 0.831. The Labute approximate surface area is 182 Å². The highest BCUT2D eigenvalue weighted by Crippen LogP contribution is 2.42. The van der Waals surface area contributed by atoms with Crippen molar-refractivity contribution in [2.75, 3.05) is 4.90 Å². The van der Waals surface area contributed by atoms with Crippen LogP contribution in [0, 0.1) is 0 Å². The molecule has 0 bridgehead atoms. The van der Waals surface area contributed by atoms with Crippen molar-refractivity contribution in [1.29, 1.82) is 0 Å². The fourth-order valence-corrected chi connectivity index (χ4v) is 3.85. The number of nitrogens with zero attached hydrogens (tertiary/aromatic N) is 1. The Hall–Kier alpha value is -3.06. The predicted octanol–water partition coefficient (Wildman–Crippen LogP) is 8.61. The third kappa shape index (κ3) is 4.57. The van der Waals surface area contributed by atoms with E-state index in [1.807, 2.05) is 6.07 Å². The van der Waals surface area contributed by atoms with Gasteiger partial charge in [-0.1, -0.05) is 101 Å². The van der Waals surface area contributed by atoms with Crippen LogP contribution < -0.4 is 4.90 Å². The van der Waals surface area contributed by atoms with Gasteiger partial charge in [0.1, 0.15) is 0 Å². The van der Waals surface area contributed by atoms with Gasteiger partial charge in [-0.3, -0.25) is 0 Å². The van der Waals surface area contributed by atoms with Crippen LogP contribution in [0.4, 0.5) is 5.69 Å². The molecule has 0 saturated carbocycles. The monoisotopic (exact) mass is 395 g/mol. The van der Waals surface area contributed by atoms with E-state index in [4.69, 9.17) is 0 Å². The Morgan fingerprint density at radius 2 is 1.27 bits per heavy atom. The van der Waals surface area contributed by atoms with Gasteiger partial charge in [0.25, 0.3) is 0 Å². The third-order valence-corrected chi connectivity index (χ3v) is 5.46. The van der Waals surface area contributed by atoms with Gasteiger partial charge in [0.05, 0.1) is 5.69 Å². The summed E-state index contributed by atoms with van der Waals surface area (Å²) in [5.74, 6) is 0.773. The van der Waals surface area contributed by atoms with Gasteiger partial charge in [0.2, 0.25) is 0 Å². The van der Waals surface area contributed by atoms with Gasteiger partial charge in [-0.25, -0.2) is 0 Å². The molecule has 0 aliphatic carbocycles. The van der Waals surface area contributed by atoms with Gasteiger partial charge in [-0.15, -0.1) is 0 Å². The topological polar surface area (TPSA) is 3.24 Å². The number of hydrogen-bond donors (Lipinski definition) is 0. The number of benzene rings is 3. The molecular formula is C29H33N. The van der Waals surface area contributed by atoms with Crippen LogP contribution in [0.15, 0.2) is 91.7 Å². The minimum Gasteiger partial charge on any atom is -0.317 e. The molecule has 0 atom stereocenters. The maximum atomic E-state index is 4.48. The molecule has 1 nitrogen and oxygen atoms in total. The molecular weight excluding hydrogens is 362 g/mol. The van der Waals surface area contributed by atoms with E-state index < -0.39 is 0 Å². The summed E-state index contributed by atoms with van der Waals surface area (Å²) in [4.78, 5) is 2.27. The minimum atomic E-state index is 0.387. The molecule has 0 unspecified atom stereocenters. The predicted molar refractivity (Wildman–Crippen MR) is 133 cm³/mol. The zero-order chi connectivity index (χ0) is 21.7. The van der Waals surface area contributed by atoms with Crippen molar-refractivity contribution in [3.63, 3.8) is 0 Å². The van der Waals surface area contributed by atoms with Crippen LogP contribution in [-0.2, 0) is 0 Å². The number of rotatable bonds is 7. The molecule has 0 fully saturated rings. The Kier molecular flexibility index (Phi) is 6.95. The molecule has 3 aromatic rings. The van der Waals surface area contributed by atoms with Gasteiger partial charge in [-0.05, 0) is 58.7 Å². The highest BCUT2D eigenvalue weighted by molar-refractivity contribution is 5.85. The van der Waals surface area contributed by atoms with Crippen LogP contribution >= 0.6 is 0 Å². The number of anilines is 1. The first-order valence-electron chi connectivity index (χ1n) is 10.8. The van der Waals surface area contributed by atoms with E-state index in [9.17, 15) is 0 Å². The summed E-state index contributed by atoms with van der Waals surface area (Å²) in [5.41, 5.74) is 8.60. The molecule has 0 aromatic heterocycles. The van der Waals surface area contributed by atoms with Crippen molar-refractivity contribution >= 4 is 11.4 Å². The summed E-state index contributed by atoms with van der Waals surface area (Å²) in [6.45, 7) is 15.6. The molecule has 0 aliphatic rings. The fraction of sp³-hybridized carbons (Fsp3) is 0.241. The van der Waals surface area contributed by atoms with E-state index in [0.29, 0.717) is 11.8 Å². The van der Waals surface area contributed by atoms with E-state index >= 15 is 0 Å². The lowest BCUT2D eigenvalue weighted by Gasteiger charge is -2.31. The van der Waals surface area contributed by atoms with Gasteiger partial charge >= 0.3 is 0 Å². The minimum absolute atomic E-state index is 0.387. The SMILES string of the molecule is C=C(c1ccccc1)N(/C=C\C)c1c(C(C)C)cc(-c2ccccc2)cc1C(C)C. The van der Waals surface area contributed by atoms with E-state index in [2.05, 4.69) is 125 Å². The zero-order valence-electron chi connectivity index (χ0n) is 18.9. The zero-order valence-corrected chi connectivity index (χ0v) is 18.9. The van der Waals surface area contributed by atoms with Crippen molar-refractivity contribution in [2.24, 2.45) is 0 Å². The third-order valence-electron chi connectivity index (χ3n) is 5.46. The summed E-state index contributed by atoms with van der Waals surface area (Å²) in [6.07, 6.45) is 4.23. The first kappa shape index (κ1) is 21.6. The Bertz CT molecular complexity index is 982. The van der Waals surface area contributed by atoms with E-state index in [0.717, 1.165) is 11.3 Å². The fourth-order valence-electron chi connectivity index (χ4n) is 3.85. The van der Waals surface area contributed by atoms with Crippen molar-refractivity contribution in [3.8, 4) is 11.1 Å². The molecule has 1 heteroatoms. The summed E-state index contributed by atoms with van der Waals surface area (Å²) >= 11 is 0. The van der Waals surface area contributed by atoms with E-state index in [-0.39, 0.29) is 0 Å². The first-order chi connectivity index (χ1) is 14.4. The molecule has 0 heterocycles. The summed E-state index contributed by atoms with van der Waals surface area (Å²) < 4.78 is 0. The molecule has 154 valence electrons. The molecule has 3 rings (SSSR count). The summed E-state index contributed by atoms with van der Waals surface area (Å²) in [7, 11) is 0. The van der Waals surface area contributed by atoms with Gasteiger partial charge in [-0.2, -0.15) is 0 Å². The van der Waals surface area contributed by atoms with Crippen molar-refractivity contribution < 1.29 is 0 Å². The van der Waals surface area contributed by atoms with Gasteiger partial charge in [0, 0.05) is 11.9 Å². The standard InChI is InChI=1S/C29H33N/c1-7-18-30(23(6)24-14-10-8-11-15-24)29-27(21(2)3)19-26(20-28(29)22(4)5)25-16-12-9-13-17-25/h7-22H,6H2,1-5H3/b18-7-. The second-order valence-electron chi connectivity index (χ2n) is 8.34. The van der Waals surface area contributed by atoms with Gasteiger partial charge in [0.15, 0.2) is 0 Å². The Balaban J connectivity index is 2.26. The second-order valence-corrected chi connectivity index (χ2v) is 8.34. The van der Waals surface area contributed by atoms with Gasteiger partial charge < -0.3 is 4.90 Å². The van der Waals surface area contributed by atoms with Crippen molar-refractivity contribution in [3.05, 3.63) is 108 Å². The van der Waals surface area contributed by atoms with Crippen molar-refractivity contribution in [2.45, 2.75) is 46.5 Å². The highest BCUT2D eigenvalue weighted by Gasteiger charge is 2.22. The quantitative estimate of drug-likeness (QED) is 0.387. The summed E-state index contributed by atoms with van der Waals surface area (Å²) in [6, 6.07) is 25.8. The average molecular weight is 396 g/mol. The normalized spacial score (nSPS) is 11.4. The van der Waals surface area contributed by atoms with Crippen LogP contribution in [0.3, 0.4) is 0 Å². The second kappa shape index (κ2) is 9.63. The highest BCUT2D eigenvalue weighted by atomic mass is 15.1. The smallest absolute Gasteiger partial charge is 0.0524 e. The Morgan fingerprint density at radius 3 is 1.73 bits per heavy atom. The molecule has 0 amide bonds. The van der Waals surface area contributed by atoms with Crippen LogP contribution in [0.2, 0.25) is 0 Å². The van der Waals surface area contributed by atoms with Crippen LogP contribution in [0.5, 0.6) is 0 Å². The largest absolute Gasteiger partial charge is 0.317 e. The molecule has 30 heavy (non-hydrogen) atoms. The van der Waals surface area contributed by atoms with Crippen LogP contribution in [-0.4, -0.2) is 0 Å². The molecule has 0 radical (unpaired) electrons. The maximum Gasteiger partial charge on any atom is 0.0524 e. The van der Waals surface area contributed by atoms with E-state index in [1.165, 1.54) is 27.9 Å². The molecule has 0 aliphatic heterocycles. The van der Waals surface area contributed by atoms with E-state index in [1.54, 1.807) is 0 Å². The summed E-state index contributed by atoms with van der Waals surface area (Å²) in [5, 5.41) is 0. The average Bonchev–Trinajstić information content (AvgIpc) is 2.77. The molecule has 0 N–H and O–H groups in total. The Morgan fingerprint density at radius 1 is 0.767 bits per heavy atom. The van der Waals surface area contributed by atoms with Crippen LogP contribution in [0.1, 0.15) is 63.1 Å². The van der Waals surface area contributed by atoms with Crippen molar-refractivity contribution in [1.82, 2.24) is 0 Å². The maximum absolute atomic E-state index is 4.48. The lowest BCUT2D eigenvalue weighted by Crippen LogP contribution is -2.18. The number of allylic oxidation sites excluding steroid dienone is 1. The number of hydrogen-bond acceptors (Lipinski definition) is 1. The van der Waals surface area contributed by atoms with Crippen LogP contribution in [0.25, 0.3) is 16.8 Å².